The van der Waals surface area contributed by atoms with Gasteiger partial charge in [0, 0.05) is 6.42 Å². The predicted octanol–water partition coefficient (Wildman–Crippen LogP) is 3.03. The summed E-state index contributed by atoms with van der Waals surface area (Å²) in [7, 11) is 0. The molecule has 0 spiro atoms. The minimum absolute atomic E-state index is 0.174. The first-order valence-corrected chi connectivity index (χ1v) is 7.16. The van der Waals surface area contributed by atoms with Gasteiger partial charge in [-0.25, -0.2) is 4.68 Å². The molecular formula is C14H20N4OS. The average Bonchev–Trinajstić information content (AvgIpc) is 2.76. The topological polar surface area (TPSA) is 54.9 Å². The lowest BCUT2D eigenvalue weighted by Crippen LogP contribution is -2.17. The molecule has 0 amide bonds. The van der Waals surface area contributed by atoms with Crippen LogP contribution in [-0.2, 0) is 13.0 Å². The Bertz CT molecular complexity index is 618. The maximum atomic E-state index is 5.69. The van der Waals surface area contributed by atoms with Crippen LogP contribution in [0.25, 0.3) is 0 Å². The third kappa shape index (κ3) is 3.60. The largest absolute Gasteiger partial charge is 0.491 e. The van der Waals surface area contributed by atoms with Gasteiger partial charge >= 0.3 is 0 Å². The molecule has 0 aliphatic carbocycles. The summed E-state index contributed by atoms with van der Waals surface area (Å²) < 4.78 is 8.08. The Hall–Kier alpha value is -1.82. The molecule has 1 aromatic heterocycles. The molecule has 5 nitrogen and oxygen atoms in total. The molecule has 1 aromatic carbocycles. The van der Waals surface area contributed by atoms with Crippen LogP contribution in [0.2, 0.25) is 0 Å². The molecule has 0 aliphatic rings. The quantitative estimate of drug-likeness (QED) is 0.804. The van der Waals surface area contributed by atoms with Crippen LogP contribution >= 0.6 is 12.2 Å². The number of aryl methyl sites for hydroxylation is 1. The van der Waals surface area contributed by atoms with Crippen molar-refractivity contribution < 1.29 is 4.74 Å². The minimum atomic E-state index is 0.174. The second kappa shape index (κ2) is 6.56. The van der Waals surface area contributed by atoms with E-state index in [0.29, 0.717) is 11.3 Å². The Morgan fingerprint density at radius 2 is 2.25 bits per heavy atom. The van der Waals surface area contributed by atoms with Crippen LogP contribution < -0.4 is 10.2 Å². The number of benzene rings is 1. The van der Waals surface area contributed by atoms with Gasteiger partial charge in [0.25, 0.3) is 0 Å². The standard InChI is InChI=1S/C14H20N4OS/c1-4-13-16-17-14(20)18(13)15-9-11-6-5-7-12(8-11)19-10(2)3/h5-8,10,15H,4,9H2,1-3H3,(H,17,20). The van der Waals surface area contributed by atoms with Gasteiger partial charge in [0.15, 0.2) is 5.82 Å². The van der Waals surface area contributed by atoms with Gasteiger partial charge in [-0.05, 0) is 43.8 Å². The smallest absolute Gasteiger partial charge is 0.214 e. The molecular weight excluding hydrogens is 272 g/mol. The van der Waals surface area contributed by atoms with Gasteiger partial charge < -0.3 is 10.2 Å². The molecule has 2 rings (SSSR count). The second-order valence-corrected chi connectivity index (χ2v) is 5.17. The van der Waals surface area contributed by atoms with Crippen molar-refractivity contribution in [2.45, 2.75) is 39.8 Å². The Labute approximate surface area is 123 Å². The van der Waals surface area contributed by atoms with Gasteiger partial charge in [-0.1, -0.05) is 19.1 Å². The maximum absolute atomic E-state index is 5.69. The number of hydrogen-bond acceptors (Lipinski definition) is 4. The van der Waals surface area contributed by atoms with Crippen LogP contribution in [0.1, 0.15) is 32.2 Å². The summed E-state index contributed by atoms with van der Waals surface area (Å²) in [5, 5.41) is 6.95. The van der Waals surface area contributed by atoms with Gasteiger partial charge in [0.1, 0.15) is 5.75 Å². The molecule has 0 fully saturated rings. The Kier molecular flexibility index (Phi) is 4.79. The van der Waals surface area contributed by atoms with Crippen LogP contribution in [0.3, 0.4) is 0 Å². The normalized spacial score (nSPS) is 10.8. The summed E-state index contributed by atoms with van der Waals surface area (Å²) in [6.07, 6.45) is 0.990. The van der Waals surface area contributed by atoms with Crippen molar-refractivity contribution in [1.82, 2.24) is 14.9 Å². The highest BCUT2D eigenvalue weighted by Crippen LogP contribution is 2.15. The fourth-order valence-electron chi connectivity index (χ4n) is 1.90. The number of ether oxygens (including phenoxy) is 1. The molecule has 108 valence electrons. The van der Waals surface area contributed by atoms with Crippen LogP contribution in [-0.4, -0.2) is 21.0 Å². The first-order chi connectivity index (χ1) is 9.60. The first kappa shape index (κ1) is 14.6. The Morgan fingerprint density at radius 3 is 2.95 bits per heavy atom. The van der Waals surface area contributed by atoms with Gasteiger partial charge in [0.05, 0.1) is 12.6 Å². The van der Waals surface area contributed by atoms with E-state index in [9.17, 15) is 0 Å². The van der Waals surface area contributed by atoms with E-state index in [4.69, 9.17) is 17.0 Å². The highest BCUT2D eigenvalue weighted by molar-refractivity contribution is 7.71. The molecule has 6 heteroatoms. The zero-order valence-electron chi connectivity index (χ0n) is 12.0. The highest BCUT2D eigenvalue weighted by atomic mass is 32.1. The highest BCUT2D eigenvalue weighted by Gasteiger charge is 2.04. The molecule has 0 unspecified atom stereocenters. The summed E-state index contributed by atoms with van der Waals surface area (Å²) in [5.41, 5.74) is 4.41. The van der Waals surface area contributed by atoms with Crippen molar-refractivity contribution in [3.05, 3.63) is 40.4 Å². The number of hydrogen-bond donors (Lipinski definition) is 2. The lowest BCUT2D eigenvalue weighted by atomic mass is 10.2. The molecule has 0 radical (unpaired) electrons. The van der Waals surface area contributed by atoms with E-state index in [1.807, 2.05) is 43.6 Å². The molecule has 2 aromatic rings. The molecule has 0 aliphatic heterocycles. The lowest BCUT2D eigenvalue weighted by molar-refractivity contribution is 0.242. The van der Waals surface area contributed by atoms with Crippen molar-refractivity contribution in [1.29, 1.82) is 0 Å². The van der Waals surface area contributed by atoms with Gasteiger partial charge in [0.2, 0.25) is 4.77 Å². The number of aromatic amines is 1. The summed E-state index contributed by atoms with van der Waals surface area (Å²) in [5.74, 6) is 1.77. The molecule has 2 N–H and O–H groups in total. The predicted molar refractivity (Wildman–Crippen MR) is 82.1 cm³/mol. The van der Waals surface area contributed by atoms with E-state index in [-0.39, 0.29) is 6.10 Å². The van der Waals surface area contributed by atoms with Crippen molar-refractivity contribution in [2.75, 3.05) is 5.43 Å². The van der Waals surface area contributed by atoms with Gasteiger partial charge in [-0.2, -0.15) is 5.10 Å². The Morgan fingerprint density at radius 1 is 1.45 bits per heavy atom. The SMILES string of the molecule is CCc1n[nH]c(=S)n1NCc1cccc(OC(C)C)c1. The van der Waals surface area contributed by atoms with Crippen LogP contribution in [0.4, 0.5) is 0 Å². The molecule has 0 saturated carbocycles. The van der Waals surface area contributed by atoms with Crippen molar-refractivity contribution in [2.24, 2.45) is 0 Å². The van der Waals surface area contributed by atoms with Gasteiger partial charge in [-0.15, -0.1) is 0 Å². The third-order valence-electron chi connectivity index (χ3n) is 2.77. The van der Waals surface area contributed by atoms with E-state index in [0.717, 1.165) is 23.6 Å². The molecule has 0 bridgehead atoms. The average molecular weight is 292 g/mol. The number of nitrogens with one attached hydrogen (secondary N) is 2. The lowest BCUT2D eigenvalue weighted by Gasteiger charge is -2.12. The minimum Gasteiger partial charge on any atom is -0.491 e. The van der Waals surface area contributed by atoms with Crippen LogP contribution in [0.15, 0.2) is 24.3 Å². The fourth-order valence-corrected chi connectivity index (χ4v) is 2.12. The van der Waals surface area contributed by atoms with E-state index >= 15 is 0 Å². The number of nitrogens with zero attached hydrogens (tertiary/aromatic N) is 2. The third-order valence-corrected chi connectivity index (χ3v) is 3.04. The monoisotopic (exact) mass is 292 g/mol. The second-order valence-electron chi connectivity index (χ2n) is 4.78. The molecule has 0 saturated heterocycles. The van der Waals surface area contributed by atoms with Crippen molar-refractivity contribution in [3.63, 3.8) is 0 Å². The fraction of sp³-hybridized carbons (Fsp3) is 0.429. The number of aromatic nitrogens is 3. The van der Waals surface area contributed by atoms with Gasteiger partial charge in [-0.3, -0.25) is 5.10 Å². The molecule has 20 heavy (non-hydrogen) atoms. The zero-order valence-corrected chi connectivity index (χ0v) is 12.8. The summed E-state index contributed by atoms with van der Waals surface area (Å²) in [6, 6.07) is 8.03. The summed E-state index contributed by atoms with van der Waals surface area (Å²) in [4.78, 5) is 0. The van der Waals surface area contributed by atoms with Crippen LogP contribution in [0.5, 0.6) is 5.75 Å². The van der Waals surface area contributed by atoms with Crippen molar-refractivity contribution in [3.8, 4) is 5.75 Å². The molecule has 1 heterocycles. The first-order valence-electron chi connectivity index (χ1n) is 6.76. The van der Waals surface area contributed by atoms with E-state index in [1.54, 1.807) is 0 Å². The summed E-state index contributed by atoms with van der Waals surface area (Å²) in [6.45, 7) is 6.74. The van der Waals surface area contributed by atoms with Crippen molar-refractivity contribution >= 4 is 12.2 Å². The zero-order chi connectivity index (χ0) is 14.5. The van der Waals surface area contributed by atoms with E-state index < -0.39 is 0 Å². The Balaban J connectivity index is 2.07. The molecule has 0 atom stereocenters. The van der Waals surface area contributed by atoms with E-state index in [1.165, 1.54) is 0 Å². The number of H-pyrrole nitrogens is 1. The summed E-state index contributed by atoms with van der Waals surface area (Å²) >= 11 is 5.20. The van der Waals surface area contributed by atoms with E-state index in [2.05, 4.69) is 21.7 Å². The maximum Gasteiger partial charge on any atom is 0.214 e. The number of rotatable bonds is 6. The van der Waals surface area contributed by atoms with Crippen LogP contribution in [0, 0.1) is 4.77 Å².